The SMILES string of the molecule is CCCNC(CC)c1ccc(N2CCN(C)C(=O)C2)cc1. The van der Waals surface area contributed by atoms with E-state index in [0.717, 1.165) is 38.2 Å². The molecule has 1 aliphatic heterocycles. The van der Waals surface area contributed by atoms with Gasteiger partial charge in [-0.05, 0) is 37.1 Å². The lowest BCUT2D eigenvalue weighted by Crippen LogP contribution is -2.48. The van der Waals surface area contributed by atoms with Gasteiger partial charge in [-0.1, -0.05) is 26.0 Å². The van der Waals surface area contributed by atoms with Crippen molar-refractivity contribution in [3.8, 4) is 0 Å². The van der Waals surface area contributed by atoms with Crippen LogP contribution in [0.3, 0.4) is 0 Å². The molecule has 1 aliphatic rings. The zero-order valence-corrected chi connectivity index (χ0v) is 13.4. The van der Waals surface area contributed by atoms with Crippen molar-refractivity contribution < 1.29 is 4.79 Å². The van der Waals surface area contributed by atoms with Crippen LogP contribution >= 0.6 is 0 Å². The first kappa shape index (κ1) is 15.8. The fourth-order valence-electron chi connectivity index (χ4n) is 2.71. The highest BCUT2D eigenvalue weighted by Gasteiger charge is 2.21. The van der Waals surface area contributed by atoms with Crippen molar-refractivity contribution in [2.24, 2.45) is 0 Å². The van der Waals surface area contributed by atoms with Crippen molar-refractivity contribution in [2.75, 3.05) is 38.1 Å². The van der Waals surface area contributed by atoms with E-state index >= 15 is 0 Å². The molecule has 1 aromatic rings. The molecule has 0 saturated carbocycles. The molecule has 116 valence electrons. The number of anilines is 1. The van der Waals surface area contributed by atoms with Gasteiger partial charge in [-0.15, -0.1) is 0 Å². The first-order valence-electron chi connectivity index (χ1n) is 7.98. The molecule has 4 heteroatoms. The maximum atomic E-state index is 11.8. The van der Waals surface area contributed by atoms with Crippen molar-refractivity contribution in [3.05, 3.63) is 29.8 Å². The van der Waals surface area contributed by atoms with E-state index in [1.807, 2.05) is 7.05 Å². The number of hydrogen-bond donors (Lipinski definition) is 1. The lowest BCUT2D eigenvalue weighted by Gasteiger charge is -2.33. The molecule has 1 atom stereocenters. The smallest absolute Gasteiger partial charge is 0.241 e. The Labute approximate surface area is 128 Å². The summed E-state index contributed by atoms with van der Waals surface area (Å²) in [6.45, 7) is 7.64. The fraction of sp³-hybridized carbons (Fsp3) is 0.588. The number of benzene rings is 1. The molecule has 0 spiro atoms. The average molecular weight is 289 g/mol. The third-order valence-corrected chi connectivity index (χ3v) is 4.17. The summed E-state index contributed by atoms with van der Waals surface area (Å²) in [5, 5.41) is 3.57. The van der Waals surface area contributed by atoms with E-state index in [1.165, 1.54) is 5.56 Å². The largest absolute Gasteiger partial charge is 0.360 e. The zero-order chi connectivity index (χ0) is 15.2. The van der Waals surface area contributed by atoms with Gasteiger partial charge >= 0.3 is 0 Å². The van der Waals surface area contributed by atoms with E-state index in [4.69, 9.17) is 0 Å². The molecule has 1 aromatic carbocycles. The molecule has 1 heterocycles. The molecular weight excluding hydrogens is 262 g/mol. The van der Waals surface area contributed by atoms with Gasteiger partial charge in [0.2, 0.25) is 5.91 Å². The number of rotatable bonds is 6. The summed E-state index contributed by atoms with van der Waals surface area (Å²) >= 11 is 0. The molecule has 1 saturated heterocycles. The Kier molecular flexibility index (Phi) is 5.62. The zero-order valence-electron chi connectivity index (χ0n) is 13.4. The van der Waals surface area contributed by atoms with Crippen molar-refractivity contribution in [1.82, 2.24) is 10.2 Å². The van der Waals surface area contributed by atoms with Gasteiger partial charge in [0, 0.05) is 31.9 Å². The number of carbonyl (C=O) groups excluding carboxylic acids is 1. The minimum atomic E-state index is 0.196. The van der Waals surface area contributed by atoms with Crippen LogP contribution in [0.25, 0.3) is 0 Å². The molecule has 0 aliphatic carbocycles. The van der Waals surface area contributed by atoms with E-state index in [-0.39, 0.29) is 5.91 Å². The number of nitrogens with zero attached hydrogens (tertiary/aromatic N) is 2. The van der Waals surface area contributed by atoms with Crippen molar-refractivity contribution in [3.63, 3.8) is 0 Å². The third kappa shape index (κ3) is 3.97. The maximum absolute atomic E-state index is 11.8. The molecule has 1 unspecified atom stereocenters. The Morgan fingerprint density at radius 2 is 1.90 bits per heavy atom. The van der Waals surface area contributed by atoms with Gasteiger partial charge in [0.1, 0.15) is 0 Å². The Morgan fingerprint density at radius 3 is 2.48 bits per heavy atom. The molecule has 1 fully saturated rings. The van der Waals surface area contributed by atoms with Gasteiger partial charge in [0.15, 0.2) is 0 Å². The van der Waals surface area contributed by atoms with Crippen LogP contribution in [0.1, 0.15) is 38.3 Å². The molecule has 2 rings (SSSR count). The van der Waals surface area contributed by atoms with Gasteiger partial charge < -0.3 is 15.1 Å². The van der Waals surface area contributed by atoms with Crippen LogP contribution in [0.4, 0.5) is 5.69 Å². The number of likely N-dealkylation sites (N-methyl/N-ethyl adjacent to an activating group) is 1. The van der Waals surface area contributed by atoms with Gasteiger partial charge in [-0.25, -0.2) is 0 Å². The van der Waals surface area contributed by atoms with Crippen molar-refractivity contribution >= 4 is 11.6 Å². The lowest BCUT2D eigenvalue weighted by atomic mass is 10.0. The Bertz CT molecular complexity index is 458. The normalized spacial score (nSPS) is 17.2. The second-order valence-corrected chi connectivity index (χ2v) is 5.74. The summed E-state index contributed by atoms with van der Waals surface area (Å²) in [5.41, 5.74) is 2.47. The predicted molar refractivity (Wildman–Crippen MR) is 87.6 cm³/mol. The summed E-state index contributed by atoms with van der Waals surface area (Å²) in [5.74, 6) is 0.196. The molecule has 21 heavy (non-hydrogen) atoms. The van der Waals surface area contributed by atoms with Crippen LogP contribution < -0.4 is 10.2 Å². The monoisotopic (exact) mass is 289 g/mol. The number of nitrogens with one attached hydrogen (secondary N) is 1. The molecule has 0 radical (unpaired) electrons. The van der Waals surface area contributed by atoms with E-state index < -0.39 is 0 Å². The summed E-state index contributed by atoms with van der Waals surface area (Å²) in [4.78, 5) is 15.7. The number of carbonyl (C=O) groups is 1. The minimum Gasteiger partial charge on any atom is -0.360 e. The summed E-state index contributed by atoms with van der Waals surface area (Å²) in [6.07, 6.45) is 2.24. The lowest BCUT2D eigenvalue weighted by molar-refractivity contribution is -0.129. The third-order valence-electron chi connectivity index (χ3n) is 4.17. The highest BCUT2D eigenvalue weighted by atomic mass is 16.2. The second-order valence-electron chi connectivity index (χ2n) is 5.74. The first-order chi connectivity index (χ1) is 10.2. The van der Waals surface area contributed by atoms with E-state index in [1.54, 1.807) is 4.90 Å². The Balaban J connectivity index is 2.02. The molecule has 1 N–H and O–H groups in total. The summed E-state index contributed by atoms with van der Waals surface area (Å²) < 4.78 is 0. The highest BCUT2D eigenvalue weighted by molar-refractivity contribution is 5.82. The molecule has 0 bridgehead atoms. The first-order valence-corrected chi connectivity index (χ1v) is 7.98. The van der Waals surface area contributed by atoms with E-state index in [9.17, 15) is 4.79 Å². The Morgan fingerprint density at radius 1 is 1.19 bits per heavy atom. The fourth-order valence-corrected chi connectivity index (χ4v) is 2.71. The van der Waals surface area contributed by atoms with Gasteiger partial charge in [-0.3, -0.25) is 4.79 Å². The van der Waals surface area contributed by atoms with Crippen LogP contribution in [0.5, 0.6) is 0 Å². The van der Waals surface area contributed by atoms with Crippen molar-refractivity contribution in [2.45, 2.75) is 32.7 Å². The van der Waals surface area contributed by atoms with E-state index in [2.05, 4.69) is 48.3 Å². The van der Waals surface area contributed by atoms with Gasteiger partial charge in [0.05, 0.1) is 6.54 Å². The van der Waals surface area contributed by atoms with Crippen LogP contribution in [0, 0.1) is 0 Å². The minimum absolute atomic E-state index is 0.196. The van der Waals surface area contributed by atoms with Crippen LogP contribution in [-0.4, -0.2) is 44.0 Å². The predicted octanol–water partition coefficient (Wildman–Crippen LogP) is 2.42. The molecule has 0 aromatic heterocycles. The molecule has 4 nitrogen and oxygen atoms in total. The Hall–Kier alpha value is -1.55. The molecular formula is C17H27N3O. The topological polar surface area (TPSA) is 35.6 Å². The number of piperazine rings is 1. The maximum Gasteiger partial charge on any atom is 0.241 e. The quantitative estimate of drug-likeness (QED) is 0.873. The number of hydrogen-bond acceptors (Lipinski definition) is 3. The average Bonchev–Trinajstić information content (AvgIpc) is 2.51. The standard InChI is InChI=1S/C17H27N3O/c1-4-10-18-16(5-2)14-6-8-15(9-7-14)20-12-11-19(3)17(21)13-20/h6-9,16,18H,4-5,10-13H2,1-3H3. The molecule has 1 amide bonds. The van der Waals surface area contributed by atoms with Crippen LogP contribution in [0.15, 0.2) is 24.3 Å². The highest BCUT2D eigenvalue weighted by Crippen LogP contribution is 2.22. The van der Waals surface area contributed by atoms with Crippen LogP contribution in [-0.2, 0) is 4.79 Å². The van der Waals surface area contributed by atoms with Gasteiger partial charge in [0.25, 0.3) is 0 Å². The van der Waals surface area contributed by atoms with E-state index in [0.29, 0.717) is 12.6 Å². The summed E-state index contributed by atoms with van der Waals surface area (Å²) in [7, 11) is 1.87. The van der Waals surface area contributed by atoms with Gasteiger partial charge in [-0.2, -0.15) is 0 Å². The van der Waals surface area contributed by atoms with Crippen molar-refractivity contribution in [1.29, 1.82) is 0 Å². The number of amides is 1. The summed E-state index contributed by atoms with van der Waals surface area (Å²) in [6, 6.07) is 9.09. The van der Waals surface area contributed by atoms with Crippen LogP contribution in [0.2, 0.25) is 0 Å². The second kappa shape index (κ2) is 7.46.